The van der Waals surface area contributed by atoms with Gasteiger partial charge in [-0.1, -0.05) is 30.3 Å². The van der Waals surface area contributed by atoms with Crippen molar-refractivity contribution in [1.29, 1.82) is 0 Å². The molecule has 0 radical (unpaired) electrons. The maximum atomic E-state index is 11.7. The van der Waals surface area contributed by atoms with Crippen LogP contribution in [0.2, 0.25) is 0 Å². The Bertz CT molecular complexity index is 616. The maximum absolute atomic E-state index is 11.7. The predicted molar refractivity (Wildman–Crippen MR) is 77.0 cm³/mol. The fourth-order valence-electron chi connectivity index (χ4n) is 1.62. The SMILES string of the molecule is O=C(Nc1cccc(CS(=O)O)c1)Oc1ccccc1. The minimum atomic E-state index is -1.91. The Balaban J connectivity index is 1.99. The lowest BCUT2D eigenvalue weighted by Gasteiger charge is -2.07. The second-order valence-electron chi connectivity index (χ2n) is 3.99. The topological polar surface area (TPSA) is 75.6 Å². The maximum Gasteiger partial charge on any atom is 0.417 e. The van der Waals surface area contributed by atoms with E-state index in [-0.39, 0.29) is 5.75 Å². The molecule has 1 amide bonds. The van der Waals surface area contributed by atoms with Gasteiger partial charge in [-0.05, 0) is 29.8 Å². The highest BCUT2D eigenvalue weighted by atomic mass is 32.2. The van der Waals surface area contributed by atoms with Crippen LogP contribution in [0.15, 0.2) is 54.6 Å². The molecule has 1 unspecified atom stereocenters. The second kappa shape index (κ2) is 6.83. The monoisotopic (exact) mass is 291 g/mol. The first-order valence-corrected chi connectivity index (χ1v) is 7.11. The third-order valence-electron chi connectivity index (χ3n) is 2.42. The van der Waals surface area contributed by atoms with Crippen molar-refractivity contribution in [1.82, 2.24) is 0 Å². The Morgan fingerprint density at radius 2 is 1.90 bits per heavy atom. The van der Waals surface area contributed by atoms with Gasteiger partial charge in [-0.25, -0.2) is 9.00 Å². The van der Waals surface area contributed by atoms with Crippen molar-refractivity contribution in [2.75, 3.05) is 5.32 Å². The van der Waals surface area contributed by atoms with Crippen molar-refractivity contribution < 1.29 is 18.3 Å². The number of benzene rings is 2. The number of carbonyl (C=O) groups is 1. The van der Waals surface area contributed by atoms with Gasteiger partial charge in [0.2, 0.25) is 0 Å². The zero-order chi connectivity index (χ0) is 14.4. The molecule has 6 heteroatoms. The van der Waals surface area contributed by atoms with Crippen molar-refractivity contribution in [2.24, 2.45) is 0 Å². The lowest BCUT2D eigenvalue weighted by atomic mass is 10.2. The van der Waals surface area contributed by atoms with Crippen LogP contribution in [-0.4, -0.2) is 14.9 Å². The number of ether oxygens (including phenoxy) is 1. The predicted octanol–water partition coefficient (Wildman–Crippen LogP) is 3.02. The molecule has 2 aromatic rings. The molecule has 0 saturated carbocycles. The molecule has 20 heavy (non-hydrogen) atoms. The molecule has 0 spiro atoms. The summed E-state index contributed by atoms with van der Waals surface area (Å²) in [4.78, 5) is 11.7. The highest BCUT2D eigenvalue weighted by Gasteiger charge is 2.06. The van der Waals surface area contributed by atoms with Crippen LogP contribution < -0.4 is 10.1 Å². The van der Waals surface area contributed by atoms with Crippen LogP contribution in [0.25, 0.3) is 0 Å². The average Bonchev–Trinajstić information content (AvgIpc) is 2.39. The van der Waals surface area contributed by atoms with Gasteiger partial charge < -0.3 is 9.29 Å². The van der Waals surface area contributed by atoms with Crippen molar-refractivity contribution in [3.05, 3.63) is 60.2 Å². The van der Waals surface area contributed by atoms with E-state index >= 15 is 0 Å². The van der Waals surface area contributed by atoms with E-state index in [9.17, 15) is 9.00 Å². The van der Waals surface area contributed by atoms with Crippen molar-refractivity contribution in [2.45, 2.75) is 5.75 Å². The Labute approximate surface area is 118 Å². The summed E-state index contributed by atoms with van der Waals surface area (Å²) in [5.41, 5.74) is 1.16. The van der Waals surface area contributed by atoms with Crippen LogP contribution in [0.4, 0.5) is 10.5 Å². The third kappa shape index (κ3) is 4.49. The largest absolute Gasteiger partial charge is 0.417 e. The molecule has 2 rings (SSSR count). The number of hydrogen-bond donors (Lipinski definition) is 2. The van der Waals surface area contributed by atoms with E-state index in [0.717, 1.165) is 0 Å². The first kappa shape index (κ1) is 14.2. The summed E-state index contributed by atoms with van der Waals surface area (Å²) < 4.78 is 24.7. The number of carbonyl (C=O) groups excluding carboxylic acids is 1. The third-order valence-corrected chi connectivity index (χ3v) is 3.00. The number of para-hydroxylation sites is 1. The van der Waals surface area contributed by atoms with Crippen LogP contribution in [0.3, 0.4) is 0 Å². The highest BCUT2D eigenvalue weighted by molar-refractivity contribution is 7.78. The number of anilines is 1. The fraction of sp³-hybridized carbons (Fsp3) is 0.0714. The molecule has 0 bridgehead atoms. The molecular weight excluding hydrogens is 278 g/mol. The van der Waals surface area contributed by atoms with Gasteiger partial charge in [-0.15, -0.1) is 0 Å². The van der Waals surface area contributed by atoms with Gasteiger partial charge in [0.1, 0.15) is 5.75 Å². The Morgan fingerprint density at radius 1 is 1.15 bits per heavy atom. The van der Waals surface area contributed by atoms with E-state index < -0.39 is 17.2 Å². The van der Waals surface area contributed by atoms with Crippen LogP contribution >= 0.6 is 0 Å². The van der Waals surface area contributed by atoms with Gasteiger partial charge in [0.15, 0.2) is 11.1 Å². The molecule has 0 aliphatic carbocycles. The summed E-state index contributed by atoms with van der Waals surface area (Å²) in [7, 11) is 0. The van der Waals surface area contributed by atoms with E-state index in [1.54, 1.807) is 48.5 Å². The van der Waals surface area contributed by atoms with Crippen molar-refractivity contribution >= 4 is 22.9 Å². The molecule has 2 aromatic carbocycles. The van der Waals surface area contributed by atoms with E-state index in [0.29, 0.717) is 17.0 Å². The average molecular weight is 291 g/mol. The summed E-state index contributed by atoms with van der Waals surface area (Å²) in [5, 5.41) is 2.56. The number of rotatable bonds is 4. The number of nitrogens with one attached hydrogen (secondary N) is 1. The number of amides is 1. The van der Waals surface area contributed by atoms with Gasteiger partial charge >= 0.3 is 6.09 Å². The van der Waals surface area contributed by atoms with Gasteiger partial charge in [-0.3, -0.25) is 5.32 Å². The zero-order valence-corrected chi connectivity index (χ0v) is 11.3. The van der Waals surface area contributed by atoms with E-state index in [2.05, 4.69) is 5.32 Å². The molecule has 1 atom stereocenters. The molecule has 0 saturated heterocycles. The van der Waals surface area contributed by atoms with Crippen molar-refractivity contribution in [3.8, 4) is 5.75 Å². The van der Waals surface area contributed by atoms with Crippen LogP contribution in [0, 0.1) is 0 Å². The quantitative estimate of drug-likeness (QED) is 0.849. The summed E-state index contributed by atoms with van der Waals surface area (Å²) in [6.45, 7) is 0. The minimum Gasteiger partial charge on any atom is -0.410 e. The molecule has 2 N–H and O–H groups in total. The fourth-order valence-corrected chi connectivity index (χ4v) is 2.09. The highest BCUT2D eigenvalue weighted by Crippen LogP contribution is 2.14. The van der Waals surface area contributed by atoms with Crippen LogP contribution in [-0.2, 0) is 16.8 Å². The Kier molecular flexibility index (Phi) is 4.86. The van der Waals surface area contributed by atoms with Gasteiger partial charge in [0.25, 0.3) is 0 Å². The smallest absolute Gasteiger partial charge is 0.410 e. The van der Waals surface area contributed by atoms with Crippen LogP contribution in [0.1, 0.15) is 5.56 Å². The lowest BCUT2D eigenvalue weighted by molar-refractivity contribution is 0.215. The van der Waals surface area contributed by atoms with Crippen molar-refractivity contribution in [3.63, 3.8) is 0 Å². The molecule has 0 aromatic heterocycles. The summed E-state index contributed by atoms with van der Waals surface area (Å²) in [6, 6.07) is 15.4. The van der Waals surface area contributed by atoms with Gasteiger partial charge in [0.05, 0.1) is 5.75 Å². The van der Waals surface area contributed by atoms with E-state index in [4.69, 9.17) is 9.29 Å². The summed E-state index contributed by atoms with van der Waals surface area (Å²) in [5.74, 6) is 0.459. The molecule has 0 aliphatic rings. The number of hydrogen-bond acceptors (Lipinski definition) is 3. The lowest BCUT2D eigenvalue weighted by Crippen LogP contribution is -2.16. The second-order valence-corrected chi connectivity index (χ2v) is 4.93. The first-order chi connectivity index (χ1) is 9.63. The Hall–Kier alpha value is -2.18. The summed E-state index contributed by atoms with van der Waals surface area (Å²) >= 11 is -1.91. The van der Waals surface area contributed by atoms with Gasteiger partial charge in [-0.2, -0.15) is 0 Å². The molecule has 0 heterocycles. The molecule has 5 nitrogen and oxygen atoms in total. The molecule has 0 aliphatic heterocycles. The van der Waals surface area contributed by atoms with E-state index in [1.165, 1.54) is 0 Å². The summed E-state index contributed by atoms with van der Waals surface area (Å²) in [6.07, 6.45) is -0.613. The minimum absolute atomic E-state index is 0.0171. The van der Waals surface area contributed by atoms with Gasteiger partial charge in [0, 0.05) is 5.69 Å². The normalized spacial score (nSPS) is 11.7. The molecular formula is C14H13NO4S. The molecule has 0 fully saturated rings. The molecule has 104 valence electrons. The Morgan fingerprint density at radius 3 is 2.60 bits per heavy atom. The van der Waals surface area contributed by atoms with Crippen LogP contribution in [0.5, 0.6) is 5.75 Å². The standard InChI is InChI=1S/C14H13NO4S/c16-14(19-13-7-2-1-3-8-13)15-12-6-4-5-11(9-12)10-20(17)18/h1-9H,10H2,(H,15,16)(H,17,18). The zero-order valence-electron chi connectivity index (χ0n) is 10.5. The first-order valence-electron chi connectivity index (χ1n) is 5.84. The van der Waals surface area contributed by atoms with E-state index in [1.807, 2.05) is 6.07 Å².